The van der Waals surface area contributed by atoms with Crippen molar-refractivity contribution >= 4 is 40.7 Å². The van der Waals surface area contributed by atoms with Crippen molar-refractivity contribution < 1.29 is 19.6 Å². The smallest absolute Gasteiger partial charge is 0.243 e. The van der Waals surface area contributed by atoms with Crippen LogP contribution < -0.4 is 21.4 Å². The molecule has 0 unspecified atom stereocenters. The molecular weight excluding hydrogens is 436 g/mol. The van der Waals surface area contributed by atoms with Gasteiger partial charge in [-0.15, -0.1) is 0 Å². The maximum absolute atomic E-state index is 12.2. The molecule has 3 rings (SSSR count). The molecule has 0 saturated carbocycles. The number of hydroxylamine groups is 1. The second-order valence-corrected chi connectivity index (χ2v) is 7.52. The highest BCUT2D eigenvalue weighted by Crippen LogP contribution is 2.23. The van der Waals surface area contributed by atoms with Crippen LogP contribution in [0.25, 0.3) is 11.3 Å². The zero-order valence-corrected chi connectivity index (χ0v) is 18.7. The van der Waals surface area contributed by atoms with Gasteiger partial charge < -0.3 is 16.0 Å². The highest BCUT2D eigenvalue weighted by Gasteiger charge is 2.07. The molecule has 3 amide bonds. The summed E-state index contributed by atoms with van der Waals surface area (Å²) in [5.41, 5.74) is 5.19. The summed E-state index contributed by atoms with van der Waals surface area (Å²) in [6.45, 7) is 1.46. The third-order valence-electron chi connectivity index (χ3n) is 4.74. The first-order chi connectivity index (χ1) is 16.4. The van der Waals surface area contributed by atoms with Crippen molar-refractivity contribution in [2.24, 2.45) is 0 Å². The standard InChI is InChI=1S/C24H26N6O4/c1-16(31)26-18-11-9-17(10-12-18)21-13-14-25-24(29-21)28-20-6-4-5-19(15-20)27-22(32)7-2-3-8-23(33)30-34/h4-6,9-15,34H,2-3,7-8H2,1H3,(H,26,31)(H,27,32)(H,30,33)(H,25,28,29). The molecule has 2 aromatic carbocycles. The lowest BCUT2D eigenvalue weighted by molar-refractivity contribution is -0.129. The van der Waals surface area contributed by atoms with E-state index in [0.29, 0.717) is 41.5 Å². The zero-order valence-electron chi connectivity index (χ0n) is 18.7. The summed E-state index contributed by atoms with van der Waals surface area (Å²) in [7, 11) is 0. The Kier molecular flexibility index (Phi) is 8.64. The lowest BCUT2D eigenvalue weighted by Gasteiger charge is -2.10. The third kappa shape index (κ3) is 7.68. The molecule has 0 radical (unpaired) electrons. The van der Waals surface area contributed by atoms with Crippen molar-refractivity contribution in [3.8, 4) is 11.3 Å². The number of rotatable bonds is 10. The third-order valence-corrected chi connectivity index (χ3v) is 4.74. The maximum atomic E-state index is 12.2. The molecule has 10 heteroatoms. The summed E-state index contributed by atoms with van der Waals surface area (Å²) in [6, 6.07) is 16.3. The number of nitrogens with one attached hydrogen (secondary N) is 4. The fourth-order valence-electron chi connectivity index (χ4n) is 3.16. The summed E-state index contributed by atoms with van der Waals surface area (Å²) < 4.78 is 0. The highest BCUT2D eigenvalue weighted by molar-refractivity contribution is 5.91. The van der Waals surface area contributed by atoms with Gasteiger partial charge in [0.2, 0.25) is 23.7 Å². The number of carbonyl (C=O) groups is 3. The number of nitrogens with zero attached hydrogens (tertiary/aromatic N) is 2. The molecule has 10 nitrogen and oxygen atoms in total. The van der Waals surface area contributed by atoms with Crippen LogP contribution in [-0.2, 0) is 14.4 Å². The van der Waals surface area contributed by atoms with Crippen molar-refractivity contribution in [1.82, 2.24) is 15.4 Å². The van der Waals surface area contributed by atoms with Gasteiger partial charge in [-0.05, 0) is 49.2 Å². The molecular formula is C24H26N6O4. The molecule has 0 bridgehead atoms. The fraction of sp³-hybridized carbons (Fsp3) is 0.208. The van der Waals surface area contributed by atoms with Crippen molar-refractivity contribution in [1.29, 1.82) is 0 Å². The summed E-state index contributed by atoms with van der Waals surface area (Å²) in [4.78, 5) is 43.1. The van der Waals surface area contributed by atoms with Crippen LogP contribution in [0.4, 0.5) is 23.0 Å². The van der Waals surface area contributed by atoms with E-state index in [1.165, 1.54) is 6.92 Å². The van der Waals surface area contributed by atoms with Crippen LogP contribution in [-0.4, -0.2) is 32.9 Å². The van der Waals surface area contributed by atoms with Gasteiger partial charge in [0.25, 0.3) is 0 Å². The predicted molar refractivity (Wildman–Crippen MR) is 129 cm³/mol. The quantitative estimate of drug-likeness (QED) is 0.175. The Morgan fingerprint density at radius 3 is 2.26 bits per heavy atom. The van der Waals surface area contributed by atoms with E-state index in [-0.39, 0.29) is 24.7 Å². The second kappa shape index (κ2) is 12.1. The average Bonchev–Trinajstić information content (AvgIpc) is 2.82. The van der Waals surface area contributed by atoms with Crippen LogP contribution in [0.5, 0.6) is 0 Å². The van der Waals surface area contributed by atoms with Crippen LogP contribution in [0.15, 0.2) is 60.8 Å². The van der Waals surface area contributed by atoms with Gasteiger partial charge in [-0.2, -0.15) is 0 Å². The Morgan fingerprint density at radius 2 is 1.56 bits per heavy atom. The van der Waals surface area contributed by atoms with Crippen molar-refractivity contribution in [3.63, 3.8) is 0 Å². The second-order valence-electron chi connectivity index (χ2n) is 7.52. The number of amides is 3. The molecule has 0 atom stereocenters. The summed E-state index contributed by atoms with van der Waals surface area (Å²) >= 11 is 0. The van der Waals surface area contributed by atoms with Crippen LogP contribution in [0, 0.1) is 0 Å². The first-order valence-electron chi connectivity index (χ1n) is 10.7. The maximum Gasteiger partial charge on any atom is 0.243 e. The van der Waals surface area contributed by atoms with Gasteiger partial charge >= 0.3 is 0 Å². The van der Waals surface area contributed by atoms with Gasteiger partial charge in [0.1, 0.15) is 0 Å². The topological polar surface area (TPSA) is 145 Å². The SMILES string of the molecule is CC(=O)Nc1ccc(-c2ccnc(Nc3cccc(NC(=O)CCCCC(=O)NO)c3)n2)cc1. The lowest BCUT2D eigenvalue weighted by Crippen LogP contribution is -2.18. The molecule has 0 fully saturated rings. The molecule has 0 aliphatic rings. The minimum absolute atomic E-state index is 0.133. The van der Waals surface area contributed by atoms with E-state index >= 15 is 0 Å². The monoisotopic (exact) mass is 462 g/mol. The normalized spacial score (nSPS) is 10.3. The van der Waals surface area contributed by atoms with Crippen LogP contribution in [0.2, 0.25) is 0 Å². The number of hydrogen-bond donors (Lipinski definition) is 5. The largest absolute Gasteiger partial charge is 0.326 e. The number of anilines is 4. The number of unbranched alkanes of at least 4 members (excludes halogenated alkanes) is 1. The first kappa shape index (κ1) is 24.3. The molecule has 1 aromatic heterocycles. The van der Waals surface area contributed by atoms with Gasteiger partial charge in [0.05, 0.1) is 5.69 Å². The van der Waals surface area contributed by atoms with E-state index in [1.54, 1.807) is 48.1 Å². The number of hydrogen-bond acceptors (Lipinski definition) is 7. The van der Waals surface area contributed by atoms with Gasteiger partial charge in [-0.1, -0.05) is 18.2 Å². The molecule has 5 N–H and O–H groups in total. The molecule has 0 aliphatic heterocycles. The Labute approximate surface area is 196 Å². The first-order valence-corrected chi connectivity index (χ1v) is 10.7. The van der Waals surface area contributed by atoms with Gasteiger partial charge in [0, 0.05) is 48.6 Å². The summed E-state index contributed by atoms with van der Waals surface area (Å²) in [6.07, 6.45) is 3.12. The average molecular weight is 463 g/mol. The number of carbonyl (C=O) groups excluding carboxylic acids is 3. The van der Waals surface area contributed by atoms with E-state index in [9.17, 15) is 14.4 Å². The van der Waals surface area contributed by atoms with E-state index in [2.05, 4.69) is 25.9 Å². The molecule has 0 aliphatic carbocycles. The van der Waals surface area contributed by atoms with E-state index in [4.69, 9.17) is 5.21 Å². The van der Waals surface area contributed by atoms with Crippen molar-refractivity contribution in [2.45, 2.75) is 32.6 Å². The number of aromatic nitrogens is 2. The molecule has 34 heavy (non-hydrogen) atoms. The molecule has 1 heterocycles. The minimum atomic E-state index is -0.465. The Balaban J connectivity index is 1.59. The Morgan fingerprint density at radius 1 is 0.853 bits per heavy atom. The van der Waals surface area contributed by atoms with E-state index in [1.807, 2.05) is 18.2 Å². The lowest BCUT2D eigenvalue weighted by atomic mass is 10.1. The van der Waals surface area contributed by atoms with Crippen molar-refractivity contribution in [2.75, 3.05) is 16.0 Å². The van der Waals surface area contributed by atoms with Gasteiger partial charge in [0.15, 0.2) is 0 Å². The summed E-state index contributed by atoms with van der Waals surface area (Å²) in [5, 5.41) is 17.2. The van der Waals surface area contributed by atoms with Gasteiger partial charge in [-0.3, -0.25) is 19.6 Å². The van der Waals surface area contributed by atoms with E-state index in [0.717, 1.165) is 5.56 Å². The molecule has 3 aromatic rings. The van der Waals surface area contributed by atoms with Gasteiger partial charge in [-0.25, -0.2) is 15.4 Å². The molecule has 0 spiro atoms. The molecule has 176 valence electrons. The van der Waals surface area contributed by atoms with Crippen molar-refractivity contribution in [3.05, 3.63) is 60.8 Å². The van der Waals surface area contributed by atoms with E-state index < -0.39 is 5.91 Å². The Bertz CT molecular complexity index is 1150. The van der Waals surface area contributed by atoms with Crippen LogP contribution in [0.1, 0.15) is 32.6 Å². The zero-order chi connectivity index (χ0) is 24.3. The Hall–Kier alpha value is -4.31. The molecule has 0 saturated heterocycles. The van der Waals surface area contributed by atoms with Crippen LogP contribution in [0.3, 0.4) is 0 Å². The van der Waals surface area contributed by atoms with Crippen LogP contribution >= 0.6 is 0 Å². The predicted octanol–water partition coefficient (Wildman–Crippen LogP) is 3.85. The highest BCUT2D eigenvalue weighted by atomic mass is 16.5. The summed E-state index contributed by atoms with van der Waals surface area (Å²) in [5.74, 6) is -0.365. The number of benzene rings is 2. The minimum Gasteiger partial charge on any atom is -0.326 e. The fourth-order valence-corrected chi connectivity index (χ4v) is 3.16.